The van der Waals surface area contributed by atoms with Crippen LogP contribution in [0, 0.1) is 6.92 Å². The van der Waals surface area contributed by atoms with Crippen molar-refractivity contribution in [1.82, 2.24) is 25.7 Å². The molecule has 0 aromatic carbocycles. The van der Waals surface area contributed by atoms with E-state index in [1.807, 2.05) is 0 Å². The Morgan fingerprint density at radius 2 is 2.25 bits per heavy atom. The Kier molecular flexibility index (Phi) is 3.13. The molecule has 1 amide bonds. The lowest BCUT2D eigenvalue weighted by Gasteiger charge is -2.00. The predicted octanol–water partition coefficient (Wildman–Crippen LogP) is 0.131. The van der Waals surface area contributed by atoms with Crippen LogP contribution in [0.4, 0.5) is 0 Å². The molecule has 0 saturated heterocycles. The van der Waals surface area contributed by atoms with Gasteiger partial charge in [0.15, 0.2) is 5.82 Å². The number of nitrogens with one attached hydrogen (secondary N) is 3. The summed E-state index contributed by atoms with van der Waals surface area (Å²) in [5.74, 6) is 1.25. The van der Waals surface area contributed by atoms with Gasteiger partial charge in [0.05, 0.1) is 13.0 Å². The fraction of sp³-hybridized carbons (Fsp3) is 0.500. The van der Waals surface area contributed by atoms with Crippen LogP contribution in [-0.2, 0) is 17.8 Å². The summed E-state index contributed by atoms with van der Waals surface area (Å²) in [5, 5.41) is 11.6. The number of amides is 1. The lowest BCUT2D eigenvalue weighted by atomic mass is 10.2. The van der Waals surface area contributed by atoms with E-state index in [1.165, 1.54) is 0 Å². The summed E-state index contributed by atoms with van der Waals surface area (Å²) in [5.41, 5.74) is 0.836. The first kappa shape index (κ1) is 12.6. The van der Waals surface area contributed by atoms with E-state index in [0.29, 0.717) is 28.9 Å². The highest BCUT2D eigenvalue weighted by molar-refractivity contribution is 5.78. The number of aromatic amines is 2. The maximum atomic E-state index is 11.8. The zero-order valence-electron chi connectivity index (χ0n) is 11.0. The Hall–Kier alpha value is -2.38. The lowest BCUT2D eigenvalue weighted by molar-refractivity contribution is -0.120. The molecule has 2 aromatic heterocycles. The van der Waals surface area contributed by atoms with Crippen molar-refractivity contribution in [3.8, 4) is 0 Å². The molecule has 106 valence electrons. The van der Waals surface area contributed by atoms with E-state index in [9.17, 15) is 9.59 Å². The fourth-order valence-electron chi connectivity index (χ4n) is 1.92. The van der Waals surface area contributed by atoms with Crippen LogP contribution in [0.5, 0.6) is 0 Å². The number of carbonyl (C=O) groups is 1. The predicted molar refractivity (Wildman–Crippen MR) is 68.0 cm³/mol. The first-order valence-electron chi connectivity index (χ1n) is 6.49. The van der Waals surface area contributed by atoms with Gasteiger partial charge in [0.25, 0.3) is 5.56 Å². The minimum absolute atomic E-state index is 0.0258. The Bertz CT molecular complexity index is 679. The maximum absolute atomic E-state index is 11.8. The van der Waals surface area contributed by atoms with Crippen LogP contribution < -0.4 is 10.9 Å². The molecule has 0 aliphatic heterocycles. The molecule has 3 N–H and O–H groups in total. The van der Waals surface area contributed by atoms with E-state index in [-0.39, 0.29) is 24.4 Å². The second-order valence-corrected chi connectivity index (χ2v) is 4.96. The second-order valence-electron chi connectivity index (χ2n) is 4.96. The first-order chi connectivity index (χ1) is 9.63. The van der Waals surface area contributed by atoms with Crippen molar-refractivity contribution >= 4 is 5.91 Å². The topological polar surface area (TPSA) is 117 Å². The van der Waals surface area contributed by atoms with Gasteiger partial charge in [-0.25, -0.2) is 0 Å². The molecule has 20 heavy (non-hydrogen) atoms. The monoisotopic (exact) mass is 277 g/mol. The van der Waals surface area contributed by atoms with Gasteiger partial charge >= 0.3 is 0 Å². The van der Waals surface area contributed by atoms with Gasteiger partial charge in [-0.3, -0.25) is 14.7 Å². The molecule has 1 saturated carbocycles. The third-order valence-corrected chi connectivity index (χ3v) is 3.28. The molecule has 2 heterocycles. The van der Waals surface area contributed by atoms with Crippen LogP contribution in [-0.4, -0.2) is 26.2 Å². The van der Waals surface area contributed by atoms with Crippen LogP contribution in [0.1, 0.15) is 41.7 Å². The molecular formula is C12H15N5O3. The van der Waals surface area contributed by atoms with E-state index in [4.69, 9.17) is 4.52 Å². The molecule has 0 spiro atoms. The van der Waals surface area contributed by atoms with Crippen molar-refractivity contribution in [3.05, 3.63) is 33.3 Å². The summed E-state index contributed by atoms with van der Waals surface area (Å²) in [4.78, 5) is 27.4. The summed E-state index contributed by atoms with van der Waals surface area (Å²) < 4.78 is 5.09. The highest BCUT2D eigenvalue weighted by Gasteiger charge is 2.29. The maximum Gasteiger partial charge on any atom is 0.267 e. The van der Waals surface area contributed by atoms with Crippen molar-refractivity contribution in [2.45, 2.75) is 38.6 Å². The molecule has 0 radical (unpaired) electrons. The summed E-state index contributed by atoms with van der Waals surface area (Å²) in [6.45, 7) is 1.94. The van der Waals surface area contributed by atoms with Crippen LogP contribution in [0.2, 0.25) is 0 Å². The van der Waals surface area contributed by atoms with Crippen molar-refractivity contribution < 1.29 is 9.32 Å². The molecule has 0 bridgehead atoms. The zero-order valence-corrected chi connectivity index (χ0v) is 11.0. The summed E-state index contributed by atoms with van der Waals surface area (Å²) >= 11 is 0. The number of H-pyrrole nitrogens is 2. The molecule has 8 nitrogen and oxygen atoms in total. The Labute approximate surface area is 113 Å². The molecule has 3 rings (SSSR count). The van der Waals surface area contributed by atoms with Gasteiger partial charge in [-0.2, -0.15) is 4.98 Å². The Balaban J connectivity index is 1.55. The molecule has 2 aromatic rings. The highest BCUT2D eigenvalue weighted by atomic mass is 16.5. The smallest absolute Gasteiger partial charge is 0.267 e. The first-order valence-corrected chi connectivity index (χ1v) is 6.49. The fourth-order valence-corrected chi connectivity index (χ4v) is 1.92. The summed E-state index contributed by atoms with van der Waals surface area (Å²) in [7, 11) is 0. The number of hydrogen-bond acceptors (Lipinski definition) is 5. The van der Waals surface area contributed by atoms with Crippen LogP contribution in [0.25, 0.3) is 0 Å². The van der Waals surface area contributed by atoms with E-state index >= 15 is 0 Å². The van der Waals surface area contributed by atoms with Crippen molar-refractivity contribution in [1.29, 1.82) is 0 Å². The minimum atomic E-state index is -0.270. The normalized spacial score (nSPS) is 14.4. The largest absolute Gasteiger partial charge is 0.348 e. The van der Waals surface area contributed by atoms with Gasteiger partial charge in [-0.15, -0.1) is 0 Å². The van der Waals surface area contributed by atoms with E-state index in [1.54, 1.807) is 6.92 Å². The molecule has 1 aliphatic carbocycles. The van der Waals surface area contributed by atoms with E-state index < -0.39 is 0 Å². The number of carbonyl (C=O) groups excluding carboxylic acids is 1. The van der Waals surface area contributed by atoms with Crippen molar-refractivity contribution in [2.75, 3.05) is 0 Å². The summed E-state index contributed by atoms with van der Waals surface area (Å²) in [6.07, 6.45) is 2.20. The molecule has 1 fully saturated rings. The quantitative estimate of drug-likeness (QED) is 0.718. The van der Waals surface area contributed by atoms with Gasteiger partial charge < -0.3 is 14.9 Å². The average Bonchev–Trinajstić information content (AvgIpc) is 3.10. The van der Waals surface area contributed by atoms with E-state index in [2.05, 4.69) is 25.7 Å². The number of nitrogens with zero attached hydrogens (tertiary/aromatic N) is 2. The van der Waals surface area contributed by atoms with Gasteiger partial charge in [-0.05, 0) is 19.8 Å². The zero-order chi connectivity index (χ0) is 14.1. The standard InChI is InChI=1S/C12H15N5O3/c1-6-8(11(19)16-15-6)4-10(18)13-5-9-14-12(20-17-9)7-2-3-7/h7H,2-5H2,1H3,(H,13,18)(H2,15,16,19). The SMILES string of the molecule is Cc1[nH][nH]c(=O)c1CC(=O)NCc1noc(C2CC2)n1. The van der Waals surface area contributed by atoms with Gasteiger partial charge in [-0.1, -0.05) is 5.16 Å². The van der Waals surface area contributed by atoms with Crippen LogP contribution in [0.3, 0.4) is 0 Å². The Morgan fingerprint density at radius 1 is 1.45 bits per heavy atom. The van der Waals surface area contributed by atoms with Crippen molar-refractivity contribution in [3.63, 3.8) is 0 Å². The Morgan fingerprint density at radius 3 is 2.90 bits per heavy atom. The van der Waals surface area contributed by atoms with E-state index in [0.717, 1.165) is 12.8 Å². The lowest BCUT2D eigenvalue weighted by Crippen LogP contribution is -2.27. The second kappa shape index (κ2) is 4.95. The molecule has 0 atom stereocenters. The van der Waals surface area contributed by atoms with Gasteiger partial charge in [0.1, 0.15) is 0 Å². The number of hydrogen-bond donors (Lipinski definition) is 3. The number of rotatable bonds is 5. The van der Waals surface area contributed by atoms with Crippen LogP contribution in [0.15, 0.2) is 9.32 Å². The van der Waals surface area contributed by atoms with Crippen LogP contribution >= 0.6 is 0 Å². The van der Waals surface area contributed by atoms with Gasteiger partial charge in [0.2, 0.25) is 11.8 Å². The van der Waals surface area contributed by atoms with Crippen molar-refractivity contribution in [2.24, 2.45) is 0 Å². The van der Waals surface area contributed by atoms with Gasteiger partial charge in [0, 0.05) is 17.2 Å². The molecular weight excluding hydrogens is 262 g/mol. The number of aryl methyl sites for hydroxylation is 1. The average molecular weight is 277 g/mol. The molecule has 1 aliphatic rings. The molecule has 0 unspecified atom stereocenters. The highest BCUT2D eigenvalue weighted by Crippen LogP contribution is 2.38. The number of aromatic nitrogens is 4. The third kappa shape index (κ3) is 2.63. The minimum Gasteiger partial charge on any atom is -0.348 e. The molecule has 8 heteroatoms. The third-order valence-electron chi connectivity index (χ3n) is 3.28. The summed E-state index contributed by atoms with van der Waals surface area (Å²) in [6, 6.07) is 0.